The smallest absolute Gasteiger partial charge is 0.328 e. The number of ether oxygens (including phenoxy) is 1. The second-order valence-corrected chi connectivity index (χ2v) is 4.71. The maximum absolute atomic E-state index is 11.0. The van der Waals surface area contributed by atoms with Crippen molar-refractivity contribution in [2.45, 2.75) is 52.5 Å². The van der Waals surface area contributed by atoms with E-state index in [2.05, 4.69) is 25.5 Å². The number of carbonyl (C=O) groups excluding carboxylic acids is 2. The minimum Gasteiger partial charge on any atom is -0.467 e. The minimum atomic E-state index is -0.336. The first-order valence-electron chi connectivity index (χ1n) is 6.35. The van der Waals surface area contributed by atoms with Gasteiger partial charge >= 0.3 is 5.97 Å². The molecule has 0 aliphatic carbocycles. The summed E-state index contributed by atoms with van der Waals surface area (Å²) in [6.07, 6.45) is 5.02. The van der Waals surface area contributed by atoms with E-state index >= 15 is 0 Å². The molecule has 17 heavy (non-hydrogen) atoms. The van der Waals surface area contributed by atoms with Gasteiger partial charge in [-0.15, -0.1) is 0 Å². The Morgan fingerprint density at radius 2 is 2.18 bits per heavy atom. The lowest BCUT2D eigenvalue weighted by molar-refractivity contribution is -0.148. The third-order valence-corrected chi connectivity index (χ3v) is 2.77. The number of carbonyl (C=O) groups is 2. The molecular formula is C13H25NO3. The van der Waals surface area contributed by atoms with Crippen molar-refractivity contribution in [1.82, 2.24) is 4.90 Å². The lowest BCUT2D eigenvalue weighted by Crippen LogP contribution is -2.35. The molecule has 1 saturated heterocycles. The highest BCUT2D eigenvalue weighted by molar-refractivity contribution is 5.78. The fourth-order valence-electron chi connectivity index (χ4n) is 1.88. The molecule has 0 saturated carbocycles. The third-order valence-electron chi connectivity index (χ3n) is 2.77. The number of methoxy groups -OCH3 is 1. The quantitative estimate of drug-likeness (QED) is 0.562. The Bertz CT molecular complexity index is 229. The number of likely N-dealkylation sites (tertiary alicyclic amines) is 1. The summed E-state index contributed by atoms with van der Waals surface area (Å²) in [5.41, 5.74) is 0. The highest BCUT2D eigenvalue weighted by Gasteiger charge is 2.29. The standard InChI is InChI=1S/C7H11NO3.C6H14/c1-11-7(10)6-3-2-4-8(6)5-9;1-4-5-6(2)3/h5-6H,2-4H2,1H3;6H,4-5H2,1-3H3. The molecule has 1 heterocycles. The van der Waals surface area contributed by atoms with E-state index in [9.17, 15) is 9.59 Å². The summed E-state index contributed by atoms with van der Waals surface area (Å²) >= 11 is 0. The van der Waals surface area contributed by atoms with Crippen molar-refractivity contribution in [3.63, 3.8) is 0 Å². The van der Waals surface area contributed by atoms with Crippen LogP contribution < -0.4 is 0 Å². The fourth-order valence-corrected chi connectivity index (χ4v) is 1.88. The largest absolute Gasteiger partial charge is 0.467 e. The van der Waals surface area contributed by atoms with E-state index in [0.29, 0.717) is 13.0 Å². The first kappa shape index (κ1) is 15.9. The van der Waals surface area contributed by atoms with Crippen molar-refractivity contribution in [2.24, 2.45) is 5.92 Å². The van der Waals surface area contributed by atoms with Gasteiger partial charge in [-0.2, -0.15) is 0 Å². The van der Waals surface area contributed by atoms with E-state index < -0.39 is 0 Å². The Kier molecular flexibility index (Phi) is 8.46. The van der Waals surface area contributed by atoms with Gasteiger partial charge in [0.1, 0.15) is 6.04 Å². The molecule has 0 radical (unpaired) electrons. The topological polar surface area (TPSA) is 46.6 Å². The lowest BCUT2D eigenvalue weighted by atomic mass is 10.1. The zero-order chi connectivity index (χ0) is 13.3. The Morgan fingerprint density at radius 1 is 1.53 bits per heavy atom. The van der Waals surface area contributed by atoms with Crippen LogP contribution in [-0.4, -0.2) is 37.0 Å². The molecule has 1 unspecified atom stereocenters. The summed E-state index contributed by atoms with van der Waals surface area (Å²) in [4.78, 5) is 22.8. The molecule has 0 aromatic heterocycles. The molecule has 1 atom stereocenters. The van der Waals surface area contributed by atoms with Gasteiger partial charge in [0, 0.05) is 6.54 Å². The third kappa shape index (κ3) is 6.29. The molecule has 1 amide bonds. The van der Waals surface area contributed by atoms with Crippen LogP contribution in [0.4, 0.5) is 0 Å². The predicted molar refractivity (Wildman–Crippen MR) is 67.6 cm³/mol. The first-order chi connectivity index (χ1) is 8.06. The first-order valence-corrected chi connectivity index (χ1v) is 6.35. The Labute approximate surface area is 104 Å². The SMILES string of the molecule is CCCC(C)C.COC(=O)C1CCCN1C=O. The predicted octanol–water partition coefficient (Wildman–Crippen LogP) is 2.22. The summed E-state index contributed by atoms with van der Waals surface area (Å²) in [7, 11) is 1.34. The van der Waals surface area contributed by atoms with Crippen LogP contribution in [0.15, 0.2) is 0 Å². The number of amides is 1. The maximum atomic E-state index is 11.0. The summed E-state index contributed by atoms with van der Waals surface area (Å²) in [6, 6.07) is -0.336. The molecule has 0 spiro atoms. The van der Waals surface area contributed by atoms with E-state index in [4.69, 9.17) is 0 Å². The van der Waals surface area contributed by atoms with E-state index in [1.165, 1.54) is 24.9 Å². The summed E-state index contributed by atoms with van der Waals surface area (Å²) < 4.78 is 4.53. The number of hydrogen-bond acceptors (Lipinski definition) is 3. The van der Waals surface area contributed by atoms with Gasteiger partial charge < -0.3 is 9.64 Å². The van der Waals surface area contributed by atoms with Crippen molar-refractivity contribution >= 4 is 12.4 Å². The molecule has 4 heteroatoms. The van der Waals surface area contributed by atoms with E-state index in [1.807, 2.05) is 0 Å². The highest BCUT2D eigenvalue weighted by Crippen LogP contribution is 2.15. The molecule has 1 aliphatic rings. The molecule has 100 valence electrons. The highest BCUT2D eigenvalue weighted by atomic mass is 16.5. The lowest BCUT2D eigenvalue weighted by Gasteiger charge is -2.16. The van der Waals surface area contributed by atoms with Gasteiger partial charge in [0.2, 0.25) is 6.41 Å². The normalized spacial score (nSPS) is 18.6. The second-order valence-electron chi connectivity index (χ2n) is 4.71. The van der Waals surface area contributed by atoms with Gasteiger partial charge in [-0.05, 0) is 18.8 Å². The van der Waals surface area contributed by atoms with Crippen LogP contribution in [0.1, 0.15) is 46.5 Å². The fraction of sp³-hybridized carbons (Fsp3) is 0.846. The van der Waals surface area contributed by atoms with Gasteiger partial charge in [0.05, 0.1) is 7.11 Å². The van der Waals surface area contributed by atoms with Gasteiger partial charge in [-0.1, -0.05) is 33.6 Å². The maximum Gasteiger partial charge on any atom is 0.328 e. The minimum absolute atomic E-state index is 0.311. The average molecular weight is 243 g/mol. The van der Waals surface area contributed by atoms with Crippen LogP contribution in [-0.2, 0) is 14.3 Å². The van der Waals surface area contributed by atoms with Gasteiger partial charge in [-0.25, -0.2) is 4.79 Å². The van der Waals surface area contributed by atoms with E-state index in [1.54, 1.807) is 0 Å². The van der Waals surface area contributed by atoms with Crippen molar-refractivity contribution in [2.75, 3.05) is 13.7 Å². The number of esters is 1. The van der Waals surface area contributed by atoms with Gasteiger partial charge in [0.25, 0.3) is 0 Å². The number of nitrogens with zero attached hydrogens (tertiary/aromatic N) is 1. The van der Waals surface area contributed by atoms with Crippen LogP contribution in [0.3, 0.4) is 0 Å². The van der Waals surface area contributed by atoms with Crippen molar-refractivity contribution in [1.29, 1.82) is 0 Å². The van der Waals surface area contributed by atoms with E-state index in [0.717, 1.165) is 18.8 Å². The Morgan fingerprint density at radius 3 is 2.53 bits per heavy atom. The molecule has 0 N–H and O–H groups in total. The molecule has 0 aromatic carbocycles. The van der Waals surface area contributed by atoms with E-state index in [-0.39, 0.29) is 12.0 Å². The van der Waals surface area contributed by atoms with Crippen LogP contribution in [0, 0.1) is 5.92 Å². The molecule has 1 rings (SSSR count). The van der Waals surface area contributed by atoms with Crippen LogP contribution in [0.2, 0.25) is 0 Å². The van der Waals surface area contributed by atoms with Crippen molar-refractivity contribution in [3.05, 3.63) is 0 Å². The van der Waals surface area contributed by atoms with Crippen LogP contribution >= 0.6 is 0 Å². The zero-order valence-electron chi connectivity index (χ0n) is 11.4. The van der Waals surface area contributed by atoms with Crippen molar-refractivity contribution in [3.8, 4) is 0 Å². The summed E-state index contributed by atoms with van der Waals surface area (Å²) in [5, 5.41) is 0. The number of rotatable bonds is 4. The molecule has 4 nitrogen and oxygen atoms in total. The van der Waals surface area contributed by atoms with Gasteiger partial charge in [0.15, 0.2) is 0 Å². The monoisotopic (exact) mass is 243 g/mol. The van der Waals surface area contributed by atoms with Gasteiger partial charge in [-0.3, -0.25) is 4.79 Å². The van der Waals surface area contributed by atoms with Crippen molar-refractivity contribution < 1.29 is 14.3 Å². The summed E-state index contributed by atoms with van der Waals surface area (Å²) in [5.74, 6) is 0.588. The van der Waals surface area contributed by atoms with Crippen LogP contribution in [0.25, 0.3) is 0 Å². The molecular weight excluding hydrogens is 218 g/mol. The zero-order valence-corrected chi connectivity index (χ0v) is 11.4. The molecule has 1 aliphatic heterocycles. The Hall–Kier alpha value is -1.06. The molecule has 0 bridgehead atoms. The second kappa shape index (κ2) is 9.02. The number of hydrogen-bond donors (Lipinski definition) is 0. The summed E-state index contributed by atoms with van der Waals surface area (Å²) in [6.45, 7) is 7.40. The molecule has 0 aromatic rings. The average Bonchev–Trinajstić information content (AvgIpc) is 2.76. The van der Waals surface area contributed by atoms with Crippen LogP contribution in [0.5, 0.6) is 0 Å². The Balaban J connectivity index is 0.000000366. The molecule has 1 fully saturated rings.